The van der Waals surface area contributed by atoms with Crippen molar-refractivity contribution in [2.75, 3.05) is 31.6 Å². The zero-order chi connectivity index (χ0) is 21.7. The fraction of sp³-hybridized carbons (Fsp3) is 0.600. The molecule has 0 saturated carbocycles. The van der Waals surface area contributed by atoms with Gasteiger partial charge >= 0.3 is 6.03 Å². The fourth-order valence-electron chi connectivity index (χ4n) is 3.82. The van der Waals surface area contributed by atoms with E-state index in [2.05, 4.69) is 10.6 Å². The summed E-state index contributed by atoms with van der Waals surface area (Å²) in [6.07, 6.45) is 0.120. The lowest BCUT2D eigenvalue weighted by molar-refractivity contribution is -0.149. The van der Waals surface area contributed by atoms with E-state index in [0.29, 0.717) is 35.1 Å². The SMILES string of the molecule is CCNC(=O)C[C@H]1CC[C@H]2[C@@H](COC[C@H](O)CN2C(=O)Nc2ccc(Cl)c(Cl)c2)O1. The van der Waals surface area contributed by atoms with Gasteiger partial charge in [0.2, 0.25) is 5.91 Å². The Labute approximate surface area is 185 Å². The molecule has 166 valence electrons. The van der Waals surface area contributed by atoms with E-state index < -0.39 is 6.10 Å². The van der Waals surface area contributed by atoms with Crippen molar-refractivity contribution in [2.24, 2.45) is 0 Å². The first-order valence-electron chi connectivity index (χ1n) is 10.1. The number of anilines is 1. The van der Waals surface area contributed by atoms with Crippen LogP contribution in [0.1, 0.15) is 26.2 Å². The molecule has 0 spiro atoms. The molecule has 10 heteroatoms. The standard InChI is InChI=1S/C20H27Cl2N3O5/c1-2-23-19(27)8-14-4-6-17-18(30-14)11-29-10-13(26)9-25(17)20(28)24-12-3-5-15(21)16(22)7-12/h3,5,7,13-14,17-18,26H,2,4,6,8-11H2,1H3,(H,23,27)(H,24,28)/t13-,14-,17+,18-/m1/s1. The van der Waals surface area contributed by atoms with Crippen LogP contribution < -0.4 is 10.6 Å². The molecule has 2 aliphatic heterocycles. The lowest BCUT2D eigenvalue weighted by Gasteiger charge is -2.44. The molecule has 0 radical (unpaired) electrons. The molecule has 30 heavy (non-hydrogen) atoms. The average molecular weight is 460 g/mol. The quantitative estimate of drug-likeness (QED) is 0.642. The molecular formula is C20H27Cl2N3O5. The number of aliphatic hydroxyl groups excluding tert-OH is 1. The van der Waals surface area contributed by atoms with Gasteiger partial charge in [-0.2, -0.15) is 0 Å². The van der Waals surface area contributed by atoms with Crippen molar-refractivity contribution < 1.29 is 24.2 Å². The van der Waals surface area contributed by atoms with Crippen LogP contribution in [0.3, 0.4) is 0 Å². The first kappa shape index (κ1) is 23.1. The highest BCUT2D eigenvalue weighted by atomic mass is 35.5. The summed E-state index contributed by atoms with van der Waals surface area (Å²) in [5.41, 5.74) is 0.504. The van der Waals surface area contributed by atoms with Crippen LogP contribution in [0.25, 0.3) is 0 Å². The Balaban J connectivity index is 1.71. The maximum atomic E-state index is 13.0. The van der Waals surface area contributed by atoms with Crippen molar-refractivity contribution in [1.82, 2.24) is 10.2 Å². The predicted octanol–water partition coefficient (Wildman–Crippen LogP) is 2.66. The molecule has 2 fully saturated rings. The third-order valence-electron chi connectivity index (χ3n) is 5.20. The summed E-state index contributed by atoms with van der Waals surface area (Å²) < 4.78 is 11.7. The van der Waals surface area contributed by atoms with E-state index in [0.717, 1.165) is 0 Å². The van der Waals surface area contributed by atoms with Crippen molar-refractivity contribution in [3.8, 4) is 0 Å². The number of nitrogens with zero attached hydrogens (tertiary/aromatic N) is 1. The van der Waals surface area contributed by atoms with Crippen LogP contribution in [0.15, 0.2) is 18.2 Å². The van der Waals surface area contributed by atoms with Gasteiger partial charge in [0, 0.05) is 12.2 Å². The summed E-state index contributed by atoms with van der Waals surface area (Å²) in [5.74, 6) is -0.0580. The molecule has 2 aliphatic rings. The monoisotopic (exact) mass is 459 g/mol. The molecule has 0 bridgehead atoms. The number of hydrogen-bond donors (Lipinski definition) is 3. The predicted molar refractivity (Wildman–Crippen MR) is 114 cm³/mol. The van der Waals surface area contributed by atoms with Crippen LogP contribution in [-0.4, -0.2) is 72.6 Å². The van der Waals surface area contributed by atoms with Gasteiger partial charge in [0.05, 0.1) is 54.5 Å². The molecule has 3 N–H and O–H groups in total. The van der Waals surface area contributed by atoms with Gasteiger partial charge in [-0.05, 0) is 38.0 Å². The minimum Gasteiger partial charge on any atom is -0.389 e. The van der Waals surface area contributed by atoms with Crippen LogP contribution in [0.5, 0.6) is 0 Å². The topological polar surface area (TPSA) is 100 Å². The first-order chi connectivity index (χ1) is 14.4. The zero-order valence-corrected chi connectivity index (χ0v) is 18.3. The maximum Gasteiger partial charge on any atom is 0.322 e. The number of halogens is 2. The molecule has 3 rings (SSSR count). The number of carbonyl (C=O) groups is 2. The van der Waals surface area contributed by atoms with Crippen LogP contribution in [-0.2, 0) is 14.3 Å². The fourth-order valence-corrected chi connectivity index (χ4v) is 4.12. The third kappa shape index (κ3) is 5.98. The normalized spacial score (nSPS) is 26.9. The number of aliphatic hydroxyl groups is 1. The van der Waals surface area contributed by atoms with Gasteiger partial charge in [-0.1, -0.05) is 23.2 Å². The minimum absolute atomic E-state index is 0.0580. The van der Waals surface area contributed by atoms with Crippen molar-refractivity contribution >= 4 is 40.8 Å². The summed E-state index contributed by atoms with van der Waals surface area (Å²) in [6.45, 7) is 2.89. The average Bonchev–Trinajstić information content (AvgIpc) is 2.68. The molecule has 1 aromatic carbocycles. The highest BCUT2D eigenvalue weighted by molar-refractivity contribution is 6.42. The number of rotatable bonds is 4. The molecule has 1 aromatic rings. The number of fused-ring (bicyclic) bond motifs is 1. The molecule has 3 amide bonds. The van der Waals surface area contributed by atoms with E-state index in [1.165, 1.54) is 0 Å². The Morgan fingerprint density at radius 3 is 2.77 bits per heavy atom. The number of amides is 3. The minimum atomic E-state index is -0.807. The highest BCUT2D eigenvalue weighted by Crippen LogP contribution is 2.29. The van der Waals surface area contributed by atoms with E-state index in [1.54, 1.807) is 23.1 Å². The Morgan fingerprint density at radius 1 is 1.23 bits per heavy atom. The number of carbonyl (C=O) groups excluding carboxylic acids is 2. The number of benzene rings is 1. The molecule has 2 heterocycles. The maximum absolute atomic E-state index is 13.0. The van der Waals surface area contributed by atoms with Gasteiger partial charge in [0.1, 0.15) is 6.10 Å². The van der Waals surface area contributed by atoms with Crippen LogP contribution in [0.2, 0.25) is 10.0 Å². The summed E-state index contributed by atoms with van der Waals surface area (Å²) in [4.78, 5) is 26.5. The van der Waals surface area contributed by atoms with Gasteiger partial charge in [-0.3, -0.25) is 4.79 Å². The van der Waals surface area contributed by atoms with Gasteiger partial charge in [0.25, 0.3) is 0 Å². The van der Waals surface area contributed by atoms with E-state index in [-0.39, 0.29) is 56.4 Å². The summed E-state index contributed by atoms with van der Waals surface area (Å²) >= 11 is 12.0. The molecule has 0 unspecified atom stereocenters. The second-order valence-corrected chi connectivity index (χ2v) is 8.32. The number of ether oxygens (including phenoxy) is 2. The molecule has 8 nitrogen and oxygen atoms in total. The Hall–Kier alpha value is -1.58. The van der Waals surface area contributed by atoms with Crippen LogP contribution in [0.4, 0.5) is 10.5 Å². The summed E-state index contributed by atoms with van der Waals surface area (Å²) in [7, 11) is 0. The van der Waals surface area contributed by atoms with E-state index in [4.69, 9.17) is 32.7 Å². The number of hydrogen-bond acceptors (Lipinski definition) is 5. The Morgan fingerprint density at radius 2 is 2.03 bits per heavy atom. The van der Waals surface area contributed by atoms with Gasteiger partial charge in [-0.15, -0.1) is 0 Å². The van der Waals surface area contributed by atoms with Crippen LogP contribution in [0, 0.1) is 0 Å². The third-order valence-corrected chi connectivity index (χ3v) is 5.94. The molecule has 0 aliphatic carbocycles. The molecule has 4 atom stereocenters. The van der Waals surface area contributed by atoms with Crippen molar-refractivity contribution in [3.05, 3.63) is 28.2 Å². The van der Waals surface area contributed by atoms with Crippen LogP contribution >= 0.6 is 23.2 Å². The number of nitrogens with one attached hydrogen (secondary N) is 2. The summed E-state index contributed by atoms with van der Waals surface area (Å²) in [6, 6.07) is 4.19. The van der Waals surface area contributed by atoms with E-state index in [9.17, 15) is 14.7 Å². The van der Waals surface area contributed by atoms with Crippen molar-refractivity contribution in [1.29, 1.82) is 0 Å². The van der Waals surface area contributed by atoms with Gasteiger partial charge in [0.15, 0.2) is 0 Å². The molecular weight excluding hydrogens is 433 g/mol. The van der Waals surface area contributed by atoms with Crippen molar-refractivity contribution in [3.63, 3.8) is 0 Å². The second-order valence-electron chi connectivity index (χ2n) is 7.50. The summed E-state index contributed by atoms with van der Waals surface area (Å²) in [5, 5.41) is 16.5. The highest BCUT2D eigenvalue weighted by Gasteiger charge is 2.40. The van der Waals surface area contributed by atoms with E-state index in [1.807, 2.05) is 6.92 Å². The largest absolute Gasteiger partial charge is 0.389 e. The van der Waals surface area contributed by atoms with Crippen molar-refractivity contribution in [2.45, 2.75) is 50.5 Å². The molecule has 2 saturated heterocycles. The van der Waals surface area contributed by atoms with Gasteiger partial charge in [-0.25, -0.2) is 4.79 Å². The molecule has 0 aromatic heterocycles. The lowest BCUT2D eigenvalue weighted by Crippen LogP contribution is -2.58. The zero-order valence-electron chi connectivity index (χ0n) is 16.8. The Kier molecular flexibility index (Phi) is 8.19. The number of β-amino-alcohol motifs (C(OH)–C–C–N with tert-alkyl or cyclic N) is 1. The Bertz CT molecular complexity index is 766. The second kappa shape index (κ2) is 10.6. The lowest BCUT2D eigenvalue weighted by atomic mass is 9.95. The smallest absolute Gasteiger partial charge is 0.322 e. The van der Waals surface area contributed by atoms with E-state index >= 15 is 0 Å². The van der Waals surface area contributed by atoms with Gasteiger partial charge < -0.3 is 30.1 Å². The number of urea groups is 1. The first-order valence-corrected chi connectivity index (χ1v) is 10.8.